The van der Waals surface area contributed by atoms with Crippen LogP contribution in [0.1, 0.15) is 38.2 Å². The van der Waals surface area contributed by atoms with Gasteiger partial charge < -0.3 is 18.9 Å². The van der Waals surface area contributed by atoms with E-state index in [1.165, 1.54) is 0 Å². The SMILES string of the molecule is CC(Oc1ccccc1C#N)C(=O)OC1CCC2(CC1)OCCO2. The fourth-order valence-electron chi connectivity index (χ4n) is 3.10. The molecule has 128 valence electrons. The van der Waals surface area contributed by atoms with Gasteiger partial charge in [0.15, 0.2) is 11.9 Å². The summed E-state index contributed by atoms with van der Waals surface area (Å²) in [4.78, 5) is 12.2. The minimum absolute atomic E-state index is 0.145. The first-order valence-corrected chi connectivity index (χ1v) is 8.26. The number of hydrogen-bond donors (Lipinski definition) is 0. The predicted molar refractivity (Wildman–Crippen MR) is 84.2 cm³/mol. The molecule has 1 aliphatic carbocycles. The molecule has 2 aliphatic rings. The molecule has 1 aromatic carbocycles. The zero-order valence-electron chi connectivity index (χ0n) is 13.7. The van der Waals surface area contributed by atoms with Crippen LogP contribution in [-0.4, -0.2) is 37.2 Å². The number of hydrogen-bond acceptors (Lipinski definition) is 6. The molecule has 0 bridgehead atoms. The summed E-state index contributed by atoms with van der Waals surface area (Å²) in [6.07, 6.45) is 1.98. The Balaban J connectivity index is 1.51. The Hall–Kier alpha value is -2.10. The van der Waals surface area contributed by atoms with Crippen molar-refractivity contribution in [2.45, 2.75) is 50.6 Å². The second-order valence-corrected chi connectivity index (χ2v) is 6.11. The second-order valence-electron chi connectivity index (χ2n) is 6.11. The molecule has 6 nitrogen and oxygen atoms in total. The lowest BCUT2D eigenvalue weighted by Crippen LogP contribution is -2.39. The third-order valence-corrected chi connectivity index (χ3v) is 4.43. The van der Waals surface area contributed by atoms with E-state index < -0.39 is 17.9 Å². The molecule has 24 heavy (non-hydrogen) atoms. The van der Waals surface area contributed by atoms with Gasteiger partial charge in [-0.2, -0.15) is 5.26 Å². The van der Waals surface area contributed by atoms with E-state index in [1.54, 1.807) is 31.2 Å². The maximum atomic E-state index is 12.2. The molecule has 0 amide bonds. The summed E-state index contributed by atoms with van der Waals surface area (Å²) >= 11 is 0. The lowest BCUT2D eigenvalue weighted by molar-refractivity contribution is -0.196. The molecule has 1 heterocycles. The summed E-state index contributed by atoms with van der Waals surface area (Å²) in [6, 6.07) is 8.87. The summed E-state index contributed by atoms with van der Waals surface area (Å²) in [5.41, 5.74) is 0.396. The van der Waals surface area contributed by atoms with Crippen LogP contribution in [0.25, 0.3) is 0 Å². The third-order valence-electron chi connectivity index (χ3n) is 4.43. The standard InChI is InChI=1S/C18H21NO5/c1-13(23-16-5-3-2-4-14(16)12-19)17(20)24-15-6-8-18(9-7-15)21-10-11-22-18/h2-5,13,15H,6-11H2,1H3. The van der Waals surface area contributed by atoms with E-state index in [2.05, 4.69) is 0 Å². The zero-order valence-corrected chi connectivity index (χ0v) is 13.7. The van der Waals surface area contributed by atoms with Gasteiger partial charge in [0.2, 0.25) is 0 Å². The van der Waals surface area contributed by atoms with Crippen LogP contribution >= 0.6 is 0 Å². The van der Waals surface area contributed by atoms with Crippen LogP contribution in [0.3, 0.4) is 0 Å². The normalized spacial score (nSPS) is 21.2. The number of carbonyl (C=O) groups is 1. The smallest absolute Gasteiger partial charge is 0.347 e. The van der Waals surface area contributed by atoms with Gasteiger partial charge in [-0.25, -0.2) is 4.79 Å². The van der Waals surface area contributed by atoms with E-state index in [-0.39, 0.29) is 6.10 Å². The summed E-state index contributed by atoms with van der Waals surface area (Å²) in [7, 11) is 0. The van der Waals surface area contributed by atoms with Gasteiger partial charge in [-0.15, -0.1) is 0 Å². The molecule has 1 saturated carbocycles. The van der Waals surface area contributed by atoms with Crippen LogP contribution in [0.2, 0.25) is 0 Å². The first kappa shape index (κ1) is 16.7. The molecule has 1 unspecified atom stereocenters. The average Bonchev–Trinajstić information content (AvgIpc) is 3.06. The van der Waals surface area contributed by atoms with Gasteiger partial charge in [0.05, 0.1) is 18.8 Å². The molecule has 6 heteroatoms. The lowest BCUT2D eigenvalue weighted by atomic mass is 9.92. The van der Waals surface area contributed by atoms with Gasteiger partial charge in [0.25, 0.3) is 0 Å². The van der Waals surface area contributed by atoms with Crippen molar-refractivity contribution < 1.29 is 23.7 Å². The van der Waals surface area contributed by atoms with Crippen molar-refractivity contribution >= 4 is 5.97 Å². The molecular formula is C18H21NO5. The summed E-state index contributed by atoms with van der Waals surface area (Å²) in [5, 5.41) is 9.06. The van der Waals surface area contributed by atoms with E-state index in [9.17, 15) is 4.79 Å². The predicted octanol–water partition coefficient (Wildman–Crippen LogP) is 2.55. The van der Waals surface area contributed by atoms with Crippen LogP contribution in [0.4, 0.5) is 0 Å². The van der Waals surface area contributed by atoms with Gasteiger partial charge in [-0.3, -0.25) is 0 Å². The molecule has 1 aliphatic heterocycles. The van der Waals surface area contributed by atoms with E-state index in [0.717, 1.165) is 12.8 Å². The average molecular weight is 331 g/mol. The molecule has 0 radical (unpaired) electrons. The number of esters is 1. The highest BCUT2D eigenvalue weighted by molar-refractivity contribution is 5.75. The Morgan fingerprint density at radius 1 is 1.29 bits per heavy atom. The molecule has 0 aromatic heterocycles. The summed E-state index contributed by atoms with van der Waals surface area (Å²) < 4.78 is 22.5. The Kier molecular flexibility index (Phi) is 5.03. The third kappa shape index (κ3) is 3.69. The van der Waals surface area contributed by atoms with E-state index in [4.69, 9.17) is 24.2 Å². The van der Waals surface area contributed by atoms with Gasteiger partial charge >= 0.3 is 5.97 Å². The van der Waals surface area contributed by atoms with Crippen LogP contribution in [0, 0.1) is 11.3 Å². The number of nitriles is 1. The van der Waals surface area contributed by atoms with Gasteiger partial charge in [0, 0.05) is 12.8 Å². The molecule has 1 atom stereocenters. The van der Waals surface area contributed by atoms with E-state index in [0.29, 0.717) is 37.4 Å². The number of nitrogens with zero attached hydrogens (tertiary/aromatic N) is 1. The molecule has 0 N–H and O–H groups in total. The molecule has 1 spiro atoms. The number of benzene rings is 1. The lowest BCUT2D eigenvalue weighted by Gasteiger charge is -2.35. The Labute approximate surface area is 141 Å². The largest absolute Gasteiger partial charge is 0.478 e. The highest BCUT2D eigenvalue weighted by Gasteiger charge is 2.41. The second kappa shape index (κ2) is 7.20. The van der Waals surface area contributed by atoms with Crippen molar-refractivity contribution in [3.05, 3.63) is 29.8 Å². The zero-order chi connectivity index (χ0) is 17.0. The number of carbonyl (C=O) groups excluding carboxylic acids is 1. The molecule has 1 saturated heterocycles. The quantitative estimate of drug-likeness (QED) is 0.789. The van der Waals surface area contributed by atoms with Crippen molar-refractivity contribution in [1.29, 1.82) is 5.26 Å². The minimum Gasteiger partial charge on any atom is -0.478 e. The van der Waals surface area contributed by atoms with Crippen LogP contribution in [-0.2, 0) is 19.0 Å². The topological polar surface area (TPSA) is 77.8 Å². The molecule has 1 aromatic rings. The molecular weight excluding hydrogens is 310 g/mol. The summed E-state index contributed by atoms with van der Waals surface area (Å²) in [6.45, 7) is 2.89. The molecule has 3 rings (SSSR count). The summed E-state index contributed by atoms with van der Waals surface area (Å²) in [5.74, 6) is -0.492. The monoisotopic (exact) mass is 331 g/mol. The number of para-hydroxylation sites is 1. The van der Waals surface area contributed by atoms with Crippen molar-refractivity contribution in [1.82, 2.24) is 0 Å². The minimum atomic E-state index is -0.769. The van der Waals surface area contributed by atoms with Crippen molar-refractivity contribution in [2.24, 2.45) is 0 Å². The van der Waals surface area contributed by atoms with Crippen LogP contribution in [0.5, 0.6) is 5.75 Å². The Bertz CT molecular complexity index is 623. The fourth-order valence-corrected chi connectivity index (χ4v) is 3.10. The Morgan fingerprint density at radius 3 is 2.62 bits per heavy atom. The van der Waals surface area contributed by atoms with E-state index in [1.807, 2.05) is 6.07 Å². The fraction of sp³-hybridized carbons (Fsp3) is 0.556. The molecule has 2 fully saturated rings. The first-order valence-electron chi connectivity index (χ1n) is 8.26. The number of ether oxygens (including phenoxy) is 4. The van der Waals surface area contributed by atoms with Gasteiger partial charge in [0.1, 0.15) is 17.9 Å². The highest BCUT2D eigenvalue weighted by Crippen LogP contribution is 2.36. The first-order chi connectivity index (χ1) is 11.6. The maximum Gasteiger partial charge on any atom is 0.347 e. The van der Waals surface area contributed by atoms with E-state index >= 15 is 0 Å². The Morgan fingerprint density at radius 2 is 1.96 bits per heavy atom. The maximum absolute atomic E-state index is 12.2. The van der Waals surface area contributed by atoms with Crippen molar-refractivity contribution in [3.8, 4) is 11.8 Å². The van der Waals surface area contributed by atoms with Gasteiger partial charge in [-0.05, 0) is 31.9 Å². The highest BCUT2D eigenvalue weighted by atomic mass is 16.7. The van der Waals surface area contributed by atoms with Crippen LogP contribution in [0.15, 0.2) is 24.3 Å². The van der Waals surface area contributed by atoms with Crippen molar-refractivity contribution in [3.63, 3.8) is 0 Å². The van der Waals surface area contributed by atoms with Crippen molar-refractivity contribution in [2.75, 3.05) is 13.2 Å². The number of rotatable bonds is 4. The van der Waals surface area contributed by atoms with Crippen LogP contribution < -0.4 is 4.74 Å². The van der Waals surface area contributed by atoms with Gasteiger partial charge in [-0.1, -0.05) is 12.1 Å².